The number of aromatic nitrogens is 4. The number of imidazole rings is 1. The van der Waals surface area contributed by atoms with Crippen molar-refractivity contribution in [3.63, 3.8) is 0 Å². The van der Waals surface area contributed by atoms with Crippen LogP contribution in [0.1, 0.15) is 45.6 Å². The molecule has 3 heterocycles. The van der Waals surface area contributed by atoms with Gasteiger partial charge in [0.15, 0.2) is 10.4 Å². The van der Waals surface area contributed by atoms with E-state index in [-0.39, 0.29) is 6.04 Å². The van der Waals surface area contributed by atoms with Crippen molar-refractivity contribution >= 4 is 44.4 Å². The summed E-state index contributed by atoms with van der Waals surface area (Å²) >= 11 is 9.84. The molecule has 0 radical (unpaired) electrons. The van der Waals surface area contributed by atoms with E-state index >= 15 is 0 Å². The molecular formula is C21H21BrClN5. The summed E-state index contributed by atoms with van der Waals surface area (Å²) in [5, 5.41) is 0.542. The van der Waals surface area contributed by atoms with E-state index in [0.717, 1.165) is 27.2 Å². The zero-order valence-electron chi connectivity index (χ0n) is 15.9. The van der Waals surface area contributed by atoms with Gasteiger partial charge in [-0.15, -0.1) is 4.98 Å². The molecule has 1 aliphatic carbocycles. The van der Waals surface area contributed by atoms with Crippen molar-refractivity contribution < 1.29 is 0 Å². The molecule has 0 aliphatic heterocycles. The summed E-state index contributed by atoms with van der Waals surface area (Å²) in [6.45, 7) is 12.0. The Hall–Kier alpha value is -1.97. The Morgan fingerprint density at radius 1 is 1.21 bits per heavy atom. The Bertz CT molecular complexity index is 1060. The Morgan fingerprint density at radius 2 is 1.96 bits per heavy atom. The first kappa shape index (κ1) is 19.4. The summed E-state index contributed by atoms with van der Waals surface area (Å²) in [5.41, 5.74) is 3.18. The molecule has 1 aliphatic rings. The second kappa shape index (κ2) is 7.81. The number of nitrogens with zero attached hydrogens (tertiary/aromatic N) is 5. The van der Waals surface area contributed by atoms with Crippen molar-refractivity contribution in [3.8, 4) is 11.3 Å². The Labute approximate surface area is 178 Å². The van der Waals surface area contributed by atoms with E-state index in [2.05, 4.69) is 49.2 Å². The first-order valence-electron chi connectivity index (χ1n) is 9.54. The van der Waals surface area contributed by atoms with Crippen molar-refractivity contribution in [1.29, 1.82) is 0 Å². The van der Waals surface area contributed by atoms with Gasteiger partial charge in [0.1, 0.15) is 5.52 Å². The average molecular weight is 459 g/mol. The van der Waals surface area contributed by atoms with Crippen molar-refractivity contribution in [2.45, 2.75) is 45.6 Å². The predicted molar refractivity (Wildman–Crippen MR) is 116 cm³/mol. The van der Waals surface area contributed by atoms with E-state index in [1.807, 2.05) is 6.07 Å². The van der Waals surface area contributed by atoms with Gasteiger partial charge >= 0.3 is 0 Å². The maximum Gasteiger partial charge on any atom is 0.272 e. The van der Waals surface area contributed by atoms with Crippen LogP contribution in [-0.2, 0) is 0 Å². The van der Waals surface area contributed by atoms with Crippen molar-refractivity contribution in [1.82, 2.24) is 19.5 Å². The van der Waals surface area contributed by atoms with Gasteiger partial charge in [-0.3, -0.25) is 4.98 Å². The van der Waals surface area contributed by atoms with Crippen LogP contribution in [-0.4, -0.2) is 19.5 Å². The fourth-order valence-corrected chi connectivity index (χ4v) is 5.10. The molecule has 1 saturated carbocycles. The maximum absolute atomic E-state index is 7.42. The first-order valence-corrected chi connectivity index (χ1v) is 10.7. The molecule has 1 fully saturated rings. The molecule has 1 unspecified atom stereocenters. The minimum atomic E-state index is 0.276. The minimum Gasteiger partial charge on any atom is -0.361 e. The summed E-state index contributed by atoms with van der Waals surface area (Å²) < 4.78 is 3.00. The molecule has 1 atom stereocenters. The Kier molecular flexibility index (Phi) is 5.39. The van der Waals surface area contributed by atoms with Crippen LogP contribution in [0.15, 0.2) is 29.3 Å². The molecule has 0 aromatic carbocycles. The first-order chi connectivity index (χ1) is 13.5. The van der Waals surface area contributed by atoms with Gasteiger partial charge in [-0.2, -0.15) is 0 Å². The van der Waals surface area contributed by atoms with E-state index in [9.17, 15) is 0 Å². The second-order valence-corrected chi connectivity index (χ2v) is 8.86. The monoisotopic (exact) mass is 457 g/mol. The van der Waals surface area contributed by atoms with Crippen LogP contribution in [0.2, 0.25) is 5.02 Å². The third-order valence-corrected chi connectivity index (χ3v) is 6.62. The van der Waals surface area contributed by atoms with Gasteiger partial charge in [0.05, 0.1) is 10.5 Å². The molecule has 3 aromatic rings. The lowest BCUT2D eigenvalue weighted by atomic mass is 9.79. The van der Waals surface area contributed by atoms with Crippen molar-refractivity contribution in [2.24, 2.45) is 11.8 Å². The molecule has 7 heteroatoms. The number of hydrogen-bond acceptors (Lipinski definition) is 3. The number of rotatable bonds is 3. The Balaban J connectivity index is 1.90. The molecule has 0 saturated heterocycles. The third kappa shape index (κ3) is 3.54. The largest absolute Gasteiger partial charge is 0.361 e. The third-order valence-electron chi connectivity index (χ3n) is 5.85. The summed E-state index contributed by atoms with van der Waals surface area (Å²) in [5.74, 6) is 1.72. The zero-order chi connectivity index (χ0) is 19.8. The summed E-state index contributed by atoms with van der Waals surface area (Å²) in [4.78, 5) is 17.1. The summed E-state index contributed by atoms with van der Waals surface area (Å²) in [6.07, 6.45) is 8.31. The average Bonchev–Trinajstić information content (AvgIpc) is 3.02. The molecule has 0 spiro atoms. The van der Waals surface area contributed by atoms with Gasteiger partial charge in [-0.05, 0) is 59.7 Å². The fourth-order valence-electron chi connectivity index (χ4n) is 4.23. The smallest absolute Gasteiger partial charge is 0.272 e. The van der Waals surface area contributed by atoms with Gasteiger partial charge in [0.25, 0.3) is 5.82 Å². The van der Waals surface area contributed by atoms with E-state index in [4.69, 9.17) is 23.2 Å². The Morgan fingerprint density at radius 3 is 2.64 bits per heavy atom. The van der Waals surface area contributed by atoms with Crippen molar-refractivity contribution in [2.75, 3.05) is 0 Å². The van der Waals surface area contributed by atoms with Gasteiger partial charge < -0.3 is 9.41 Å². The molecule has 144 valence electrons. The highest BCUT2D eigenvalue weighted by atomic mass is 79.9. The van der Waals surface area contributed by atoms with Crippen LogP contribution < -0.4 is 0 Å². The van der Waals surface area contributed by atoms with E-state index in [1.165, 1.54) is 25.7 Å². The van der Waals surface area contributed by atoms with Crippen LogP contribution in [0, 0.1) is 18.4 Å². The van der Waals surface area contributed by atoms with E-state index in [0.29, 0.717) is 22.5 Å². The number of fused-ring (bicyclic) bond motifs is 1. The minimum absolute atomic E-state index is 0.276. The molecule has 4 rings (SSSR count). The van der Waals surface area contributed by atoms with Crippen LogP contribution in [0.4, 0.5) is 5.82 Å². The van der Waals surface area contributed by atoms with Crippen LogP contribution in [0.5, 0.6) is 0 Å². The van der Waals surface area contributed by atoms with Crippen LogP contribution >= 0.6 is 27.5 Å². The van der Waals surface area contributed by atoms with Crippen LogP contribution in [0.3, 0.4) is 0 Å². The van der Waals surface area contributed by atoms with Gasteiger partial charge in [0.2, 0.25) is 0 Å². The lowest BCUT2D eigenvalue weighted by Crippen LogP contribution is -2.22. The maximum atomic E-state index is 7.42. The molecule has 0 N–H and O–H groups in total. The highest BCUT2D eigenvalue weighted by Gasteiger charge is 2.29. The number of halogens is 2. The molecule has 3 aromatic heterocycles. The number of pyridine rings is 2. The summed E-state index contributed by atoms with van der Waals surface area (Å²) in [6, 6.07) is 3.86. The molecular weight excluding hydrogens is 438 g/mol. The van der Waals surface area contributed by atoms with E-state index < -0.39 is 0 Å². The fraction of sp³-hybridized carbons (Fsp3) is 0.429. The highest BCUT2D eigenvalue weighted by molar-refractivity contribution is 9.10. The lowest BCUT2D eigenvalue weighted by Gasteiger charge is -2.32. The lowest BCUT2D eigenvalue weighted by molar-refractivity contribution is 0.226. The highest BCUT2D eigenvalue weighted by Crippen LogP contribution is 2.41. The zero-order valence-corrected chi connectivity index (χ0v) is 18.2. The van der Waals surface area contributed by atoms with E-state index in [1.54, 1.807) is 18.5 Å². The molecule has 28 heavy (non-hydrogen) atoms. The predicted octanol–water partition coefficient (Wildman–Crippen LogP) is 6.85. The van der Waals surface area contributed by atoms with Gasteiger partial charge in [-0.25, -0.2) is 4.98 Å². The standard InChI is InChI=1S/C21H21BrClN5/c1-12-4-6-14(7-5-12)13(2)28-20-17(26-21(28)22)9-18(24-3)27-19(20)15-8-16(23)11-25-10-15/h8-14H,4-7H2,1-2H3. The SMILES string of the molecule is [C-]#[N+]c1cc2nc(Br)n(C(C)C3CCC(C)CC3)c2c(-c2cncc(Cl)c2)n1. The molecule has 0 amide bonds. The number of hydrogen-bond donors (Lipinski definition) is 0. The normalized spacial score (nSPS) is 20.8. The van der Waals surface area contributed by atoms with Gasteiger partial charge in [0, 0.05) is 24.0 Å². The van der Waals surface area contributed by atoms with Crippen molar-refractivity contribution in [3.05, 3.63) is 45.7 Å². The second-order valence-electron chi connectivity index (χ2n) is 7.71. The van der Waals surface area contributed by atoms with Gasteiger partial charge in [-0.1, -0.05) is 37.9 Å². The summed E-state index contributed by atoms with van der Waals surface area (Å²) in [7, 11) is 0. The molecule has 5 nitrogen and oxygen atoms in total. The molecule has 0 bridgehead atoms. The topological polar surface area (TPSA) is 48.0 Å². The van der Waals surface area contributed by atoms with Crippen LogP contribution in [0.25, 0.3) is 27.1 Å². The quantitative estimate of drug-likeness (QED) is 0.403.